The molecule has 0 atom stereocenters. The van der Waals surface area contributed by atoms with Gasteiger partial charge < -0.3 is 19.5 Å². The summed E-state index contributed by atoms with van der Waals surface area (Å²) < 4.78 is 16.9. The molecule has 0 aliphatic heterocycles. The summed E-state index contributed by atoms with van der Waals surface area (Å²) in [5.41, 5.74) is 2.10. The number of benzene rings is 3. The van der Waals surface area contributed by atoms with E-state index in [2.05, 4.69) is 12.2 Å². The zero-order valence-corrected chi connectivity index (χ0v) is 17.4. The number of para-hydroxylation sites is 1. The van der Waals surface area contributed by atoms with E-state index in [-0.39, 0.29) is 5.91 Å². The Hall–Kier alpha value is -3.31. The number of carbonyl (C=O) groups excluding carboxylic acids is 1. The molecule has 0 aromatic heterocycles. The highest BCUT2D eigenvalue weighted by molar-refractivity contribution is 6.04. The largest absolute Gasteiger partial charge is 0.496 e. The molecule has 0 aliphatic rings. The zero-order valence-electron chi connectivity index (χ0n) is 17.4. The first-order valence-electron chi connectivity index (χ1n) is 10.1. The summed E-state index contributed by atoms with van der Waals surface area (Å²) in [5, 5.41) is 2.91. The Morgan fingerprint density at radius 3 is 2.37 bits per heavy atom. The number of unbranched alkanes of at least 4 members (excludes halogenated alkanes) is 1. The van der Waals surface area contributed by atoms with Gasteiger partial charge in [0.1, 0.15) is 17.2 Å². The molecule has 0 heterocycles. The second-order valence-electron chi connectivity index (χ2n) is 6.83. The molecule has 0 fully saturated rings. The number of hydrogen-bond donors (Lipinski definition) is 1. The van der Waals surface area contributed by atoms with Crippen LogP contribution < -0.4 is 14.8 Å². The van der Waals surface area contributed by atoms with Crippen molar-refractivity contribution in [1.82, 2.24) is 0 Å². The van der Waals surface area contributed by atoms with Crippen LogP contribution in [0.1, 0.15) is 35.7 Å². The predicted octanol–water partition coefficient (Wildman–Crippen LogP) is 6.06. The zero-order chi connectivity index (χ0) is 21.2. The van der Waals surface area contributed by atoms with E-state index < -0.39 is 0 Å². The van der Waals surface area contributed by atoms with Gasteiger partial charge in [-0.3, -0.25) is 4.79 Å². The maximum Gasteiger partial charge on any atom is 0.255 e. The Kier molecular flexibility index (Phi) is 7.86. The van der Waals surface area contributed by atoms with Crippen molar-refractivity contribution in [2.45, 2.75) is 26.4 Å². The van der Waals surface area contributed by atoms with Crippen molar-refractivity contribution in [2.75, 3.05) is 19.0 Å². The van der Waals surface area contributed by atoms with Gasteiger partial charge in [0, 0.05) is 23.4 Å². The Morgan fingerprint density at radius 2 is 1.67 bits per heavy atom. The fourth-order valence-corrected chi connectivity index (χ4v) is 2.90. The van der Waals surface area contributed by atoms with Gasteiger partial charge >= 0.3 is 0 Å². The molecule has 0 unspecified atom stereocenters. The van der Waals surface area contributed by atoms with E-state index >= 15 is 0 Å². The highest BCUT2D eigenvalue weighted by Crippen LogP contribution is 2.24. The SMILES string of the molecule is CCCCOCc1cc(C(=O)Nc2ccc(Oc3ccccc3)cc2)ccc1OC. The molecule has 0 saturated heterocycles. The fourth-order valence-electron chi connectivity index (χ4n) is 2.90. The molecule has 156 valence electrons. The Morgan fingerprint density at radius 1 is 0.933 bits per heavy atom. The van der Waals surface area contributed by atoms with Crippen LogP contribution in [0.15, 0.2) is 72.8 Å². The maximum atomic E-state index is 12.7. The first-order chi connectivity index (χ1) is 14.7. The van der Waals surface area contributed by atoms with Crippen LogP contribution in [0.2, 0.25) is 0 Å². The molecule has 3 rings (SSSR count). The average molecular weight is 405 g/mol. The van der Waals surface area contributed by atoms with E-state index in [4.69, 9.17) is 14.2 Å². The maximum absolute atomic E-state index is 12.7. The molecule has 3 aromatic rings. The summed E-state index contributed by atoms with van der Waals surface area (Å²) in [6.07, 6.45) is 2.08. The Labute approximate surface area is 177 Å². The van der Waals surface area contributed by atoms with Crippen LogP contribution in [0.5, 0.6) is 17.2 Å². The van der Waals surface area contributed by atoms with Crippen LogP contribution in [-0.2, 0) is 11.3 Å². The third-order valence-corrected chi connectivity index (χ3v) is 4.53. The van der Waals surface area contributed by atoms with Gasteiger partial charge in [0.2, 0.25) is 0 Å². The monoisotopic (exact) mass is 405 g/mol. The van der Waals surface area contributed by atoms with E-state index in [9.17, 15) is 4.79 Å². The van der Waals surface area contributed by atoms with Crippen LogP contribution in [0, 0.1) is 0 Å². The molecule has 0 aliphatic carbocycles. The first-order valence-corrected chi connectivity index (χ1v) is 10.1. The number of nitrogens with one attached hydrogen (secondary N) is 1. The van der Waals surface area contributed by atoms with Crippen LogP contribution in [0.3, 0.4) is 0 Å². The summed E-state index contributed by atoms with van der Waals surface area (Å²) >= 11 is 0. The molecule has 0 bridgehead atoms. The minimum Gasteiger partial charge on any atom is -0.496 e. The lowest BCUT2D eigenvalue weighted by Gasteiger charge is -2.12. The summed E-state index contributed by atoms with van der Waals surface area (Å²) in [5.74, 6) is 1.99. The van der Waals surface area contributed by atoms with Gasteiger partial charge in [-0.15, -0.1) is 0 Å². The van der Waals surface area contributed by atoms with E-state index in [1.807, 2.05) is 60.7 Å². The number of rotatable bonds is 10. The Balaban J connectivity index is 1.63. The quantitative estimate of drug-likeness (QED) is 0.417. The lowest BCUT2D eigenvalue weighted by atomic mass is 10.1. The minimum absolute atomic E-state index is 0.191. The van der Waals surface area contributed by atoms with Gasteiger partial charge in [0.25, 0.3) is 5.91 Å². The number of carbonyl (C=O) groups is 1. The van der Waals surface area contributed by atoms with Crippen LogP contribution in [0.4, 0.5) is 5.69 Å². The normalized spacial score (nSPS) is 10.5. The molecule has 5 heteroatoms. The highest BCUT2D eigenvalue weighted by atomic mass is 16.5. The lowest BCUT2D eigenvalue weighted by molar-refractivity contribution is 0.102. The Bertz CT molecular complexity index is 939. The second kappa shape index (κ2) is 11.0. The number of hydrogen-bond acceptors (Lipinski definition) is 4. The number of amides is 1. The summed E-state index contributed by atoms with van der Waals surface area (Å²) in [4.78, 5) is 12.7. The summed E-state index contributed by atoms with van der Waals surface area (Å²) in [6, 6.07) is 22.2. The summed E-state index contributed by atoms with van der Waals surface area (Å²) in [6.45, 7) is 3.22. The smallest absolute Gasteiger partial charge is 0.255 e. The first kappa shape index (κ1) is 21.4. The molecule has 0 radical (unpaired) electrons. The molecular weight excluding hydrogens is 378 g/mol. The molecule has 0 saturated carbocycles. The van der Waals surface area contributed by atoms with Crippen LogP contribution in [0.25, 0.3) is 0 Å². The topological polar surface area (TPSA) is 56.8 Å². The third-order valence-electron chi connectivity index (χ3n) is 4.53. The van der Waals surface area contributed by atoms with Crippen LogP contribution in [-0.4, -0.2) is 19.6 Å². The van der Waals surface area contributed by atoms with E-state index in [0.717, 1.165) is 24.2 Å². The van der Waals surface area contributed by atoms with E-state index in [1.54, 1.807) is 19.2 Å². The number of ether oxygens (including phenoxy) is 3. The molecule has 5 nitrogen and oxygen atoms in total. The highest BCUT2D eigenvalue weighted by Gasteiger charge is 2.11. The van der Waals surface area contributed by atoms with E-state index in [1.165, 1.54) is 0 Å². The van der Waals surface area contributed by atoms with Crippen LogP contribution >= 0.6 is 0 Å². The van der Waals surface area contributed by atoms with Crippen molar-refractivity contribution >= 4 is 11.6 Å². The van der Waals surface area contributed by atoms with Crippen molar-refractivity contribution in [2.24, 2.45) is 0 Å². The van der Waals surface area contributed by atoms with Gasteiger partial charge in [0.15, 0.2) is 0 Å². The fraction of sp³-hybridized carbons (Fsp3) is 0.240. The van der Waals surface area contributed by atoms with Crippen molar-refractivity contribution in [3.05, 3.63) is 83.9 Å². The van der Waals surface area contributed by atoms with Gasteiger partial charge in [-0.2, -0.15) is 0 Å². The van der Waals surface area contributed by atoms with Crippen molar-refractivity contribution in [3.63, 3.8) is 0 Å². The third kappa shape index (κ3) is 6.09. The van der Waals surface area contributed by atoms with Crippen molar-refractivity contribution < 1.29 is 19.0 Å². The molecule has 0 spiro atoms. The van der Waals surface area contributed by atoms with Gasteiger partial charge in [0.05, 0.1) is 13.7 Å². The molecule has 1 amide bonds. The van der Waals surface area contributed by atoms with Gasteiger partial charge in [-0.1, -0.05) is 31.5 Å². The molecule has 3 aromatic carbocycles. The van der Waals surface area contributed by atoms with Crippen molar-refractivity contribution in [3.8, 4) is 17.2 Å². The lowest BCUT2D eigenvalue weighted by Crippen LogP contribution is -2.12. The number of methoxy groups -OCH3 is 1. The molecular formula is C25H27NO4. The summed E-state index contributed by atoms with van der Waals surface area (Å²) in [7, 11) is 1.61. The standard InChI is InChI=1S/C25H27NO4/c1-3-4-16-29-18-20-17-19(10-15-24(20)28-2)25(27)26-21-11-13-23(14-12-21)30-22-8-6-5-7-9-22/h5-15,17H,3-4,16,18H2,1-2H3,(H,26,27). The average Bonchev–Trinajstić information content (AvgIpc) is 2.78. The second-order valence-corrected chi connectivity index (χ2v) is 6.83. The predicted molar refractivity (Wildman–Crippen MR) is 118 cm³/mol. The minimum atomic E-state index is -0.191. The van der Waals surface area contributed by atoms with Crippen molar-refractivity contribution in [1.29, 1.82) is 0 Å². The molecule has 30 heavy (non-hydrogen) atoms. The van der Waals surface area contributed by atoms with Gasteiger partial charge in [-0.05, 0) is 61.0 Å². The number of anilines is 1. The van der Waals surface area contributed by atoms with Gasteiger partial charge in [-0.25, -0.2) is 0 Å². The molecule has 1 N–H and O–H groups in total. The van der Waals surface area contributed by atoms with E-state index in [0.29, 0.717) is 36.0 Å².